The van der Waals surface area contributed by atoms with Gasteiger partial charge in [-0.15, -0.1) is 0 Å². The molecule has 94 valence electrons. The monoisotopic (exact) mass is 233 g/mol. The van der Waals surface area contributed by atoms with E-state index >= 15 is 0 Å². The summed E-state index contributed by atoms with van der Waals surface area (Å²) in [5.74, 6) is 0.973. The Morgan fingerprint density at radius 3 is 2.47 bits per heavy atom. The fourth-order valence-corrected chi connectivity index (χ4v) is 2.84. The molecule has 0 radical (unpaired) electrons. The highest BCUT2D eigenvalue weighted by atomic mass is 16.5. The highest BCUT2D eigenvalue weighted by Gasteiger charge is 2.31. The molecule has 0 heterocycles. The summed E-state index contributed by atoms with van der Waals surface area (Å²) in [6.45, 7) is 1.66. The molecule has 2 heteroatoms. The molecule has 0 unspecified atom stereocenters. The van der Waals surface area contributed by atoms with Gasteiger partial charge in [0.2, 0.25) is 0 Å². The van der Waals surface area contributed by atoms with Crippen molar-refractivity contribution in [2.45, 2.75) is 38.5 Å². The van der Waals surface area contributed by atoms with Gasteiger partial charge in [-0.05, 0) is 49.8 Å². The Morgan fingerprint density at radius 2 is 1.82 bits per heavy atom. The third-order valence-electron chi connectivity index (χ3n) is 3.96. The first-order valence-corrected chi connectivity index (χ1v) is 6.73. The Bertz CT molecular complexity index is 317. The minimum atomic E-state index is 0.431. The van der Waals surface area contributed by atoms with Crippen LogP contribution in [0.4, 0.5) is 0 Å². The summed E-state index contributed by atoms with van der Waals surface area (Å²) in [5, 5.41) is 0. The molecule has 1 aromatic carbocycles. The van der Waals surface area contributed by atoms with Crippen LogP contribution in [0.3, 0.4) is 0 Å². The van der Waals surface area contributed by atoms with Gasteiger partial charge in [0.05, 0.1) is 6.61 Å². The fourth-order valence-electron chi connectivity index (χ4n) is 2.84. The molecule has 1 aliphatic rings. The maximum Gasteiger partial charge on any atom is 0.119 e. The van der Waals surface area contributed by atoms with Gasteiger partial charge in [-0.2, -0.15) is 0 Å². The van der Waals surface area contributed by atoms with Crippen LogP contribution in [0.25, 0.3) is 0 Å². The lowest BCUT2D eigenvalue weighted by atomic mass is 9.82. The van der Waals surface area contributed by atoms with Gasteiger partial charge in [-0.3, -0.25) is 0 Å². The van der Waals surface area contributed by atoms with Gasteiger partial charge in [-0.1, -0.05) is 31.0 Å². The van der Waals surface area contributed by atoms with Crippen LogP contribution in [-0.2, 0) is 0 Å². The molecule has 1 aliphatic carbocycles. The topological polar surface area (TPSA) is 35.2 Å². The molecule has 0 spiro atoms. The van der Waals surface area contributed by atoms with Crippen LogP contribution in [0.5, 0.6) is 5.75 Å². The van der Waals surface area contributed by atoms with Crippen LogP contribution in [0.1, 0.15) is 38.5 Å². The van der Waals surface area contributed by atoms with Gasteiger partial charge in [0.25, 0.3) is 0 Å². The lowest BCUT2D eigenvalue weighted by Crippen LogP contribution is -2.27. The van der Waals surface area contributed by atoms with Crippen LogP contribution in [0.2, 0.25) is 0 Å². The first-order valence-electron chi connectivity index (χ1n) is 6.73. The summed E-state index contributed by atoms with van der Waals surface area (Å²) in [7, 11) is 0. The summed E-state index contributed by atoms with van der Waals surface area (Å²) in [5.41, 5.74) is 6.35. The Balaban J connectivity index is 1.69. The molecule has 0 bridgehead atoms. The molecule has 2 N–H and O–H groups in total. The highest BCUT2D eigenvalue weighted by molar-refractivity contribution is 5.20. The van der Waals surface area contributed by atoms with Crippen LogP contribution >= 0.6 is 0 Å². The smallest absolute Gasteiger partial charge is 0.119 e. The summed E-state index contributed by atoms with van der Waals surface area (Å²) >= 11 is 0. The van der Waals surface area contributed by atoms with Gasteiger partial charge >= 0.3 is 0 Å². The average Bonchev–Trinajstić information content (AvgIpc) is 2.85. The van der Waals surface area contributed by atoms with Gasteiger partial charge in [-0.25, -0.2) is 0 Å². The molecule has 2 nitrogen and oxygen atoms in total. The van der Waals surface area contributed by atoms with Crippen molar-refractivity contribution in [3.8, 4) is 5.75 Å². The normalized spacial score (nSPS) is 18.2. The zero-order valence-corrected chi connectivity index (χ0v) is 10.5. The predicted octanol–water partition coefficient (Wildman–Crippen LogP) is 3.36. The second kappa shape index (κ2) is 6.06. The number of nitrogens with two attached hydrogens (primary N) is 1. The van der Waals surface area contributed by atoms with Crippen molar-refractivity contribution >= 4 is 0 Å². The maximum absolute atomic E-state index is 5.92. The largest absolute Gasteiger partial charge is 0.494 e. The van der Waals surface area contributed by atoms with Crippen molar-refractivity contribution in [2.75, 3.05) is 13.2 Å². The number of ether oxygens (including phenoxy) is 1. The molecule has 0 aromatic heterocycles. The van der Waals surface area contributed by atoms with E-state index in [1.54, 1.807) is 0 Å². The summed E-state index contributed by atoms with van der Waals surface area (Å²) in [4.78, 5) is 0. The van der Waals surface area contributed by atoms with E-state index in [-0.39, 0.29) is 0 Å². The van der Waals surface area contributed by atoms with E-state index in [1.165, 1.54) is 32.1 Å². The van der Waals surface area contributed by atoms with Crippen molar-refractivity contribution in [1.82, 2.24) is 0 Å². The summed E-state index contributed by atoms with van der Waals surface area (Å²) in [6.07, 6.45) is 7.68. The minimum Gasteiger partial charge on any atom is -0.494 e. The van der Waals surface area contributed by atoms with Crippen LogP contribution in [0.15, 0.2) is 30.3 Å². The van der Waals surface area contributed by atoms with Gasteiger partial charge in [0.15, 0.2) is 0 Å². The van der Waals surface area contributed by atoms with Crippen molar-refractivity contribution in [3.63, 3.8) is 0 Å². The zero-order chi connectivity index (χ0) is 12.0. The Morgan fingerprint density at radius 1 is 1.12 bits per heavy atom. The molecule has 0 atom stereocenters. The van der Waals surface area contributed by atoms with Gasteiger partial charge < -0.3 is 10.5 Å². The molecule has 0 saturated heterocycles. The zero-order valence-electron chi connectivity index (χ0n) is 10.5. The first-order chi connectivity index (χ1) is 8.35. The van der Waals surface area contributed by atoms with E-state index in [1.807, 2.05) is 30.3 Å². The lowest BCUT2D eigenvalue weighted by Gasteiger charge is -2.26. The minimum absolute atomic E-state index is 0.431. The third kappa shape index (κ3) is 3.47. The van der Waals surface area contributed by atoms with Crippen LogP contribution in [0, 0.1) is 5.41 Å². The Kier molecular flexibility index (Phi) is 4.43. The van der Waals surface area contributed by atoms with E-state index in [4.69, 9.17) is 10.5 Å². The quantitative estimate of drug-likeness (QED) is 0.765. The van der Waals surface area contributed by atoms with Crippen molar-refractivity contribution in [2.24, 2.45) is 11.1 Å². The molecule has 0 amide bonds. The van der Waals surface area contributed by atoms with Crippen molar-refractivity contribution < 1.29 is 4.74 Å². The van der Waals surface area contributed by atoms with E-state index in [0.717, 1.165) is 25.3 Å². The molecular formula is C15H23NO. The predicted molar refractivity (Wildman–Crippen MR) is 71.1 cm³/mol. The van der Waals surface area contributed by atoms with Crippen LogP contribution in [-0.4, -0.2) is 13.2 Å². The molecule has 1 fully saturated rings. The maximum atomic E-state index is 5.92. The van der Waals surface area contributed by atoms with Crippen LogP contribution < -0.4 is 10.5 Å². The van der Waals surface area contributed by atoms with E-state index in [2.05, 4.69) is 0 Å². The SMILES string of the molecule is NCC1(CCCOc2ccccc2)CCCC1. The molecule has 17 heavy (non-hydrogen) atoms. The first kappa shape index (κ1) is 12.4. The summed E-state index contributed by atoms with van der Waals surface area (Å²) < 4.78 is 5.71. The van der Waals surface area contributed by atoms with Gasteiger partial charge in [0, 0.05) is 0 Å². The number of benzene rings is 1. The van der Waals surface area contributed by atoms with E-state index in [9.17, 15) is 0 Å². The van der Waals surface area contributed by atoms with Crippen molar-refractivity contribution in [3.05, 3.63) is 30.3 Å². The van der Waals surface area contributed by atoms with Gasteiger partial charge in [0.1, 0.15) is 5.75 Å². The second-order valence-electron chi connectivity index (χ2n) is 5.18. The molecular weight excluding hydrogens is 210 g/mol. The van der Waals surface area contributed by atoms with E-state index in [0.29, 0.717) is 5.41 Å². The second-order valence-corrected chi connectivity index (χ2v) is 5.18. The fraction of sp³-hybridized carbons (Fsp3) is 0.600. The number of rotatable bonds is 6. The summed E-state index contributed by atoms with van der Waals surface area (Å²) in [6, 6.07) is 10.0. The number of hydrogen-bond donors (Lipinski definition) is 1. The van der Waals surface area contributed by atoms with E-state index < -0.39 is 0 Å². The number of hydrogen-bond acceptors (Lipinski definition) is 2. The number of para-hydroxylation sites is 1. The standard InChI is InChI=1S/C15H23NO/c16-13-15(9-4-5-10-15)11-6-12-17-14-7-2-1-3-8-14/h1-3,7-8H,4-6,9-13,16H2. The lowest BCUT2D eigenvalue weighted by molar-refractivity contribution is 0.232. The molecule has 1 saturated carbocycles. The molecule has 0 aliphatic heterocycles. The third-order valence-corrected chi connectivity index (χ3v) is 3.96. The van der Waals surface area contributed by atoms with Crippen molar-refractivity contribution in [1.29, 1.82) is 0 Å². The average molecular weight is 233 g/mol. The molecule has 1 aromatic rings. The molecule has 2 rings (SSSR count). The highest BCUT2D eigenvalue weighted by Crippen LogP contribution is 2.40. The Hall–Kier alpha value is -1.02. The Labute approximate surface area is 104 Å².